The van der Waals surface area contributed by atoms with Crippen molar-refractivity contribution in [2.75, 3.05) is 31.1 Å². The smallest absolute Gasteiger partial charge is 0.309 e. The molecule has 4 saturated carbocycles. The van der Waals surface area contributed by atoms with E-state index in [-0.39, 0.29) is 11.9 Å². The Morgan fingerprint density at radius 2 is 1.78 bits per heavy atom. The number of pyridine rings is 1. The van der Waals surface area contributed by atoms with Gasteiger partial charge in [-0.15, -0.1) is 0 Å². The highest BCUT2D eigenvalue weighted by Gasteiger charge is 2.59. The van der Waals surface area contributed by atoms with Gasteiger partial charge in [0, 0.05) is 38.4 Å². The number of carbonyl (C=O) groups is 2. The van der Waals surface area contributed by atoms with Gasteiger partial charge in [0.15, 0.2) is 0 Å². The van der Waals surface area contributed by atoms with Crippen LogP contribution in [-0.4, -0.2) is 64.6 Å². The number of carboxylic acids is 1. The summed E-state index contributed by atoms with van der Waals surface area (Å²) in [7, 11) is 0. The Morgan fingerprint density at radius 1 is 1.12 bits per heavy atom. The number of aromatic nitrogens is 1. The van der Waals surface area contributed by atoms with Gasteiger partial charge in [-0.05, 0) is 75.8 Å². The zero-order chi connectivity index (χ0) is 22.7. The molecule has 1 saturated heterocycles. The summed E-state index contributed by atoms with van der Waals surface area (Å²) in [5.41, 5.74) is -1.15. The lowest BCUT2D eigenvalue weighted by Crippen LogP contribution is -2.66. The predicted octanol–water partition coefficient (Wildman–Crippen LogP) is 3.03. The van der Waals surface area contributed by atoms with Gasteiger partial charge in [-0.1, -0.05) is 11.6 Å². The van der Waals surface area contributed by atoms with Gasteiger partial charge in [-0.25, -0.2) is 4.98 Å². The van der Waals surface area contributed by atoms with E-state index in [0.29, 0.717) is 35.6 Å². The Morgan fingerprint density at radius 3 is 2.34 bits per heavy atom. The van der Waals surface area contributed by atoms with Gasteiger partial charge >= 0.3 is 5.97 Å². The average Bonchev–Trinajstić information content (AvgIpc) is 2.76. The molecule has 32 heavy (non-hydrogen) atoms. The average molecular weight is 461 g/mol. The predicted molar refractivity (Wildman–Crippen MR) is 123 cm³/mol. The molecule has 0 spiro atoms. The molecule has 0 radical (unpaired) electrons. The van der Waals surface area contributed by atoms with Crippen LogP contribution in [0.2, 0.25) is 5.02 Å². The Bertz CT molecular complexity index is 881. The number of aliphatic carboxylic acids is 1. The van der Waals surface area contributed by atoms with Gasteiger partial charge in [0.05, 0.1) is 16.0 Å². The highest BCUT2D eigenvalue weighted by Crippen LogP contribution is 2.60. The number of hydrogen-bond acceptors (Lipinski definition) is 5. The van der Waals surface area contributed by atoms with E-state index in [1.807, 2.05) is 26.0 Å². The number of halogens is 1. The van der Waals surface area contributed by atoms with E-state index in [2.05, 4.69) is 20.1 Å². The number of piperazine rings is 1. The van der Waals surface area contributed by atoms with Crippen molar-refractivity contribution in [1.29, 1.82) is 0 Å². The van der Waals surface area contributed by atoms with Crippen LogP contribution in [0.25, 0.3) is 0 Å². The molecular weight excluding hydrogens is 428 g/mol. The van der Waals surface area contributed by atoms with Crippen LogP contribution >= 0.6 is 11.6 Å². The second-order valence-electron chi connectivity index (χ2n) is 10.9. The Labute approximate surface area is 194 Å². The minimum absolute atomic E-state index is 0.0671. The van der Waals surface area contributed by atoms with Crippen LogP contribution in [0.3, 0.4) is 0 Å². The van der Waals surface area contributed by atoms with Gasteiger partial charge in [0.1, 0.15) is 5.82 Å². The summed E-state index contributed by atoms with van der Waals surface area (Å²) in [6, 6.07) is 3.91. The number of nitrogens with one attached hydrogen (secondary N) is 1. The zero-order valence-electron chi connectivity index (χ0n) is 18.9. The molecule has 1 aromatic heterocycles. The molecule has 7 nitrogen and oxygen atoms in total. The molecule has 4 aliphatic carbocycles. The molecule has 8 heteroatoms. The topological polar surface area (TPSA) is 85.8 Å². The van der Waals surface area contributed by atoms with Crippen molar-refractivity contribution in [2.24, 2.45) is 23.2 Å². The minimum atomic E-state index is -0.630. The van der Waals surface area contributed by atoms with E-state index in [4.69, 9.17) is 11.6 Å². The molecule has 2 heterocycles. The fraction of sp³-hybridized carbons (Fsp3) is 0.708. The van der Waals surface area contributed by atoms with Crippen molar-refractivity contribution in [3.63, 3.8) is 0 Å². The van der Waals surface area contributed by atoms with Gasteiger partial charge in [0.2, 0.25) is 5.91 Å². The standard InChI is InChI=1S/C24H33ClN4O3/c1-23(2,29-7-5-28(6-8-29)19-4-3-18(25)14-26-19)21(30)27-20-16-9-15-10-17(20)13-24(11-15,12-16)22(31)32/h3-4,14-17,20H,5-13H2,1-2H3,(H,27,30)(H,31,32)/t15?,16-,17+,20?,24?. The second kappa shape index (κ2) is 7.87. The minimum Gasteiger partial charge on any atom is -0.481 e. The Kier molecular flexibility index (Phi) is 5.40. The number of hydrogen-bond donors (Lipinski definition) is 2. The van der Waals surface area contributed by atoms with Crippen LogP contribution in [0.1, 0.15) is 46.0 Å². The van der Waals surface area contributed by atoms with E-state index in [9.17, 15) is 14.7 Å². The van der Waals surface area contributed by atoms with E-state index in [1.54, 1.807) is 6.20 Å². The first-order chi connectivity index (χ1) is 15.2. The number of rotatable bonds is 5. The van der Waals surface area contributed by atoms with Crippen molar-refractivity contribution in [1.82, 2.24) is 15.2 Å². The van der Waals surface area contributed by atoms with Crippen molar-refractivity contribution < 1.29 is 14.7 Å². The molecule has 5 atom stereocenters. The maximum absolute atomic E-state index is 13.4. The summed E-state index contributed by atoms with van der Waals surface area (Å²) in [6.45, 7) is 7.20. The summed E-state index contributed by atoms with van der Waals surface area (Å²) in [6.07, 6.45) is 6.04. The quantitative estimate of drug-likeness (QED) is 0.702. The van der Waals surface area contributed by atoms with Crippen molar-refractivity contribution >= 4 is 29.3 Å². The highest BCUT2D eigenvalue weighted by molar-refractivity contribution is 6.30. The SMILES string of the molecule is CC(C)(C(=O)NC1[C@@H]2CC3C[C@H]1CC(C(=O)O)(C3)C2)N1CCN(c2ccc(Cl)cn2)CC1. The summed E-state index contributed by atoms with van der Waals surface area (Å²) in [5, 5.41) is 13.9. The Hall–Kier alpha value is -1.86. The summed E-state index contributed by atoms with van der Waals surface area (Å²) < 4.78 is 0. The van der Waals surface area contributed by atoms with Crippen molar-refractivity contribution in [3.05, 3.63) is 23.4 Å². The van der Waals surface area contributed by atoms with E-state index in [1.165, 1.54) is 0 Å². The third kappa shape index (κ3) is 3.67. The number of nitrogens with zero attached hydrogens (tertiary/aromatic N) is 3. The third-order valence-corrected chi connectivity index (χ3v) is 8.91. The van der Waals surface area contributed by atoms with Crippen LogP contribution in [0.4, 0.5) is 5.82 Å². The van der Waals surface area contributed by atoms with Gasteiger partial charge in [0.25, 0.3) is 0 Å². The fourth-order valence-corrected chi connectivity index (χ4v) is 7.15. The van der Waals surface area contributed by atoms with Gasteiger partial charge in [-0.3, -0.25) is 14.5 Å². The maximum atomic E-state index is 13.4. The molecule has 5 fully saturated rings. The molecule has 3 unspecified atom stereocenters. The van der Waals surface area contributed by atoms with E-state index < -0.39 is 16.9 Å². The molecule has 2 N–H and O–H groups in total. The first-order valence-electron chi connectivity index (χ1n) is 11.8. The van der Waals surface area contributed by atoms with Crippen LogP contribution in [-0.2, 0) is 9.59 Å². The summed E-state index contributed by atoms with van der Waals surface area (Å²) >= 11 is 5.95. The number of amides is 1. The van der Waals surface area contributed by atoms with Crippen LogP contribution < -0.4 is 10.2 Å². The fourth-order valence-electron chi connectivity index (χ4n) is 7.04. The van der Waals surface area contributed by atoms with Gasteiger partial charge in [-0.2, -0.15) is 0 Å². The van der Waals surface area contributed by atoms with Crippen LogP contribution in [0.5, 0.6) is 0 Å². The van der Waals surface area contributed by atoms with Crippen LogP contribution in [0, 0.1) is 23.2 Å². The number of carboxylic acid groups (broad SMARTS) is 1. The summed E-state index contributed by atoms with van der Waals surface area (Å²) in [5.74, 6) is 1.46. The normalized spacial score (nSPS) is 34.5. The molecule has 4 bridgehead atoms. The highest BCUT2D eigenvalue weighted by atomic mass is 35.5. The first kappa shape index (κ1) is 22.0. The molecule has 6 rings (SSSR count). The first-order valence-corrected chi connectivity index (χ1v) is 12.2. The van der Waals surface area contributed by atoms with Crippen LogP contribution in [0.15, 0.2) is 18.3 Å². The van der Waals surface area contributed by atoms with E-state index in [0.717, 1.165) is 51.3 Å². The maximum Gasteiger partial charge on any atom is 0.309 e. The molecule has 1 aromatic rings. The molecule has 0 aromatic carbocycles. The molecule has 1 amide bonds. The lowest BCUT2D eigenvalue weighted by molar-refractivity contribution is -0.168. The third-order valence-electron chi connectivity index (χ3n) is 8.69. The summed E-state index contributed by atoms with van der Waals surface area (Å²) in [4.78, 5) is 34.3. The van der Waals surface area contributed by atoms with Crippen molar-refractivity contribution in [3.8, 4) is 0 Å². The largest absolute Gasteiger partial charge is 0.481 e. The van der Waals surface area contributed by atoms with E-state index >= 15 is 0 Å². The lowest BCUT2D eigenvalue weighted by atomic mass is 9.48. The molecule has 174 valence electrons. The monoisotopic (exact) mass is 460 g/mol. The number of anilines is 1. The van der Waals surface area contributed by atoms with Crippen molar-refractivity contribution in [2.45, 2.75) is 57.5 Å². The molecule has 1 aliphatic heterocycles. The Balaban J connectivity index is 1.21. The second-order valence-corrected chi connectivity index (χ2v) is 11.4. The van der Waals surface area contributed by atoms with Gasteiger partial charge < -0.3 is 15.3 Å². The number of carbonyl (C=O) groups excluding carboxylic acids is 1. The molecule has 5 aliphatic rings. The zero-order valence-corrected chi connectivity index (χ0v) is 19.6. The lowest BCUT2D eigenvalue weighted by Gasteiger charge is -2.58. The molecular formula is C24H33ClN4O3.